The third kappa shape index (κ3) is 3.57. The van der Waals surface area contributed by atoms with Gasteiger partial charge in [-0.3, -0.25) is 9.59 Å². The van der Waals surface area contributed by atoms with E-state index in [0.29, 0.717) is 32.0 Å². The Hall–Kier alpha value is -1.34. The minimum atomic E-state index is -0.121. The van der Waals surface area contributed by atoms with Gasteiger partial charge in [0.1, 0.15) is 0 Å². The zero-order valence-corrected chi connectivity index (χ0v) is 12.3. The standard InChI is InChI=1S/C12H16BrN3O3/c1-15-8-9(13)10(6-11(15)17)14-7-12(18)16-2-4-19-5-3-16/h6,8,14H,2-5,7H2,1H3. The number of carbonyl (C=O) groups excluding carboxylic acids is 1. The van der Waals surface area contributed by atoms with E-state index in [2.05, 4.69) is 21.2 Å². The Balaban J connectivity index is 1.96. The second-order valence-electron chi connectivity index (χ2n) is 4.33. The second kappa shape index (κ2) is 6.21. The van der Waals surface area contributed by atoms with E-state index in [1.54, 1.807) is 18.1 Å². The Bertz CT molecular complexity index is 523. The predicted octanol–water partition coefficient (Wildman–Crippen LogP) is 0.418. The fourth-order valence-electron chi connectivity index (χ4n) is 1.83. The molecule has 0 radical (unpaired) electrons. The largest absolute Gasteiger partial charge is 0.378 e. The van der Waals surface area contributed by atoms with Crippen LogP contribution in [0.2, 0.25) is 0 Å². The summed E-state index contributed by atoms with van der Waals surface area (Å²) >= 11 is 3.36. The summed E-state index contributed by atoms with van der Waals surface area (Å²) in [5.74, 6) is 0.0101. The van der Waals surface area contributed by atoms with E-state index in [4.69, 9.17) is 4.74 Å². The first-order valence-electron chi connectivity index (χ1n) is 6.03. The number of aryl methyl sites for hydroxylation is 1. The molecule has 6 nitrogen and oxygen atoms in total. The molecule has 1 amide bonds. The summed E-state index contributed by atoms with van der Waals surface area (Å²) in [6, 6.07) is 1.47. The normalized spacial score (nSPS) is 15.4. The third-order valence-corrected chi connectivity index (χ3v) is 3.61. The van der Waals surface area contributed by atoms with Crippen molar-refractivity contribution in [2.75, 3.05) is 38.2 Å². The van der Waals surface area contributed by atoms with Crippen molar-refractivity contribution in [3.63, 3.8) is 0 Å². The number of rotatable bonds is 3. The van der Waals surface area contributed by atoms with E-state index in [-0.39, 0.29) is 18.0 Å². The highest BCUT2D eigenvalue weighted by Gasteiger charge is 2.16. The van der Waals surface area contributed by atoms with Crippen LogP contribution in [0.4, 0.5) is 5.69 Å². The van der Waals surface area contributed by atoms with Gasteiger partial charge in [-0.2, -0.15) is 0 Å². The smallest absolute Gasteiger partial charge is 0.252 e. The lowest BCUT2D eigenvalue weighted by atomic mass is 10.3. The van der Waals surface area contributed by atoms with Gasteiger partial charge in [0.05, 0.1) is 29.9 Å². The van der Waals surface area contributed by atoms with Crippen molar-refractivity contribution in [2.45, 2.75) is 0 Å². The summed E-state index contributed by atoms with van der Waals surface area (Å²) in [4.78, 5) is 25.2. The number of pyridine rings is 1. The molecule has 2 rings (SSSR count). The molecule has 1 N–H and O–H groups in total. The second-order valence-corrected chi connectivity index (χ2v) is 5.19. The monoisotopic (exact) mass is 329 g/mol. The van der Waals surface area contributed by atoms with Crippen LogP contribution >= 0.6 is 15.9 Å². The SMILES string of the molecule is Cn1cc(Br)c(NCC(=O)N2CCOCC2)cc1=O. The van der Waals surface area contributed by atoms with Gasteiger partial charge in [0.15, 0.2) is 0 Å². The molecule has 7 heteroatoms. The number of carbonyl (C=O) groups is 1. The Morgan fingerprint density at radius 3 is 2.84 bits per heavy atom. The maximum absolute atomic E-state index is 11.9. The molecule has 1 aromatic rings. The summed E-state index contributed by atoms with van der Waals surface area (Å²) < 4.78 is 7.42. The average molecular weight is 330 g/mol. The number of hydrogen-bond acceptors (Lipinski definition) is 4. The van der Waals surface area contributed by atoms with Gasteiger partial charge in [-0.25, -0.2) is 0 Å². The third-order valence-electron chi connectivity index (χ3n) is 2.97. The number of halogens is 1. The molecule has 1 fully saturated rings. The molecule has 1 aromatic heterocycles. The van der Waals surface area contributed by atoms with E-state index in [1.165, 1.54) is 10.6 Å². The Morgan fingerprint density at radius 2 is 2.16 bits per heavy atom. The van der Waals surface area contributed by atoms with Gasteiger partial charge in [0.2, 0.25) is 5.91 Å². The first kappa shape index (κ1) is 14.1. The van der Waals surface area contributed by atoms with Crippen LogP contribution < -0.4 is 10.9 Å². The van der Waals surface area contributed by atoms with Gasteiger partial charge in [-0.05, 0) is 15.9 Å². The summed E-state index contributed by atoms with van der Waals surface area (Å²) in [5.41, 5.74) is 0.509. The first-order chi connectivity index (χ1) is 9.08. The molecule has 0 atom stereocenters. The lowest BCUT2D eigenvalue weighted by molar-refractivity contribution is -0.133. The van der Waals surface area contributed by atoms with Gasteiger partial charge in [-0.15, -0.1) is 0 Å². The lowest BCUT2D eigenvalue weighted by Gasteiger charge is -2.27. The number of nitrogens with zero attached hydrogens (tertiary/aromatic N) is 2. The Morgan fingerprint density at radius 1 is 1.47 bits per heavy atom. The van der Waals surface area contributed by atoms with Crippen molar-refractivity contribution in [1.82, 2.24) is 9.47 Å². The van der Waals surface area contributed by atoms with E-state index < -0.39 is 0 Å². The lowest BCUT2D eigenvalue weighted by Crippen LogP contribution is -2.43. The molecule has 2 heterocycles. The topological polar surface area (TPSA) is 63.6 Å². The van der Waals surface area contributed by atoms with Gasteiger partial charge >= 0.3 is 0 Å². The highest BCUT2D eigenvalue weighted by atomic mass is 79.9. The van der Waals surface area contributed by atoms with E-state index in [1.807, 2.05) is 0 Å². The molecule has 1 aliphatic heterocycles. The number of hydrogen-bond donors (Lipinski definition) is 1. The fourth-order valence-corrected chi connectivity index (χ4v) is 2.39. The van der Waals surface area contributed by atoms with Crippen LogP contribution in [0.5, 0.6) is 0 Å². The molecule has 0 aromatic carbocycles. The predicted molar refractivity (Wildman–Crippen MR) is 75.3 cm³/mol. The molecule has 19 heavy (non-hydrogen) atoms. The number of morpholine rings is 1. The number of nitrogens with one attached hydrogen (secondary N) is 1. The highest BCUT2D eigenvalue weighted by Crippen LogP contribution is 2.18. The van der Waals surface area contributed by atoms with Crippen molar-refractivity contribution in [1.29, 1.82) is 0 Å². The van der Waals surface area contributed by atoms with Gasteiger partial charge in [-0.1, -0.05) is 0 Å². The van der Waals surface area contributed by atoms with Crippen molar-refractivity contribution in [3.05, 3.63) is 27.1 Å². The van der Waals surface area contributed by atoms with E-state index in [0.717, 1.165) is 4.47 Å². The molecule has 1 saturated heterocycles. The summed E-state index contributed by atoms with van der Waals surface area (Å²) in [7, 11) is 1.68. The molecule has 1 aliphatic rings. The molecular formula is C12H16BrN3O3. The summed E-state index contributed by atoms with van der Waals surface area (Å²) in [6.07, 6.45) is 1.67. The molecule has 104 valence electrons. The quantitative estimate of drug-likeness (QED) is 0.872. The fraction of sp³-hybridized carbons (Fsp3) is 0.500. The molecule has 0 bridgehead atoms. The maximum atomic E-state index is 11.9. The van der Waals surface area contributed by atoms with Crippen LogP contribution in [-0.2, 0) is 16.6 Å². The van der Waals surface area contributed by atoms with Gasteiger partial charge in [0.25, 0.3) is 5.56 Å². The number of aromatic nitrogens is 1. The highest BCUT2D eigenvalue weighted by molar-refractivity contribution is 9.10. The Kier molecular flexibility index (Phi) is 4.60. The van der Waals surface area contributed by atoms with Crippen LogP contribution in [-0.4, -0.2) is 48.2 Å². The van der Waals surface area contributed by atoms with Crippen LogP contribution in [0, 0.1) is 0 Å². The molecule has 0 saturated carbocycles. The summed E-state index contributed by atoms with van der Waals surface area (Å²) in [5, 5.41) is 2.99. The van der Waals surface area contributed by atoms with E-state index >= 15 is 0 Å². The molecule has 0 spiro atoms. The summed E-state index contributed by atoms with van der Waals surface area (Å²) in [6.45, 7) is 2.59. The first-order valence-corrected chi connectivity index (χ1v) is 6.83. The molecular weight excluding hydrogens is 314 g/mol. The Labute approximate surface area is 119 Å². The number of ether oxygens (including phenoxy) is 1. The van der Waals surface area contributed by atoms with Crippen LogP contribution in [0.1, 0.15) is 0 Å². The van der Waals surface area contributed by atoms with Crippen LogP contribution in [0.3, 0.4) is 0 Å². The van der Waals surface area contributed by atoms with Crippen LogP contribution in [0.25, 0.3) is 0 Å². The number of anilines is 1. The van der Waals surface area contributed by atoms with Crippen molar-refractivity contribution >= 4 is 27.5 Å². The molecule has 0 unspecified atom stereocenters. The van der Waals surface area contributed by atoms with Crippen molar-refractivity contribution in [2.24, 2.45) is 7.05 Å². The zero-order valence-electron chi connectivity index (χ0n) is 10.7. The van der Waals surface area contributed by atoms with Gasteiger partial charge < -0.3 is 19.5 Å². The van der Waals surface area contributed by atoms with Crippen molar-refractivity contribution < 1.29 is 9.53 Å². The molecule has 0 aliphatic carbocycles. The van der Waals surface area contributed by atoms with Crippen LogP contribution in [0.15, 0.2) is 21.5 Å². The average Bonchev–Trinajstić information content (AvgIpc) is 2.42. The maximum Gasteiger partial charge on any atom is 0.252 e. The van der Waals surface area contributed by atoms with Crippen molar-refractivity contribution in [3.8, 4) is 0 Å². The minimum Gasteiger partial charge on any atom is -0.378 e. The zero-order chi connectivity index (χ0) is 13.8. The number of amides is 1. The minimum absolute atomic E-state index is 0.0101. The van der Waals surface area contributed by atoms with E-state index in [9.17, 15) is 9.59 Å². The van der Waals surface area contributed by atoms with Gasteiger partial charge in [0, 0.05) is 32.4 Å².